The second kappa shape index (κ2) is 9.98. The van der Waals surface area contributed by atoms with Gasteiger partial charge in [0.2, 0.25) is 0 Å². The van der Waals surface area contributed by atoms with Crippen molar-refractivity contribution < 1.29 is 5.11 Å². The number of thioether (sulfide) groups is 1. The molecule has 6 nitrogen and oxygen atoms in total. The molecular formula is C18H30IN5OS. The maximum absolute atomic E-state index is 10.4. The summed E-state index contributed by atoms with van der Waals surface area (Å²) in [5.74, 6) is 3.70. The molecule has 0 saturated carbocycles. The van der Waals surface area contributed by atoms with Gasteiger partial charge < -0.3 is 20.6 Å². The fraction of sp³-hybridized carbons (Fsp3) is 0.667. The number of pyridine rings is 1. The van der Waals surface area contributed by atoms with E-state index in [1.807, 2.05) is 24.8 Å². The quantitative estimate of drug-likeness (QED) is 0.340. The zero-order chi connectivity index (χ0) is 17.7. The molecule has 0 aromatic carbocycles. The Hall–Kier alpha value is -0.740. The van der Waals surface area contributed by atoms with Crippen LogP contribution in [0.15, 0.2) is 23.2 Å². The Labute approximate surface area is 177 Å². The van der Waals surface area contributed by atoms with Crippen LogP contribution >= 0.6 is 35.7 Å². The molecule has 3 rings (SSSR count). The van der Waals surface area contributed by atoms with Crippen LogP contribution in [0.3, 0.4) is 0 Å². The standard InChI is InChI=1S/C18H29N5OS.HI/c1-14-4-3-5-16(21-14)23-9-6-15(7-10-23)22-17(19-2)20-12-18(24)8-11-25-13-18;/h3-5,15,24H,6-13H2,1-2H3,(H2,19,20,22);1H. The molecule has 0 aliphatic carbocycles. The first-order valence-corrected chi connectivity index (χ1v) is 10.2. The van der Waals surface area contributed by atoms with Crippen molar-refractivity contribution in [3.63, 3.8) is 0 Å². The second-order valence-electron chi connectivity index (χ2n) is 7.00. The third kappa shape index (κ3) is 5.88. The summed E-state index contributed by atoms with van der Waals surface area (Å²) in [7, 11) is 1.79. The molecule has 3 heterocycles. The van der Waals surface area contributed by atoms with Crippen molar-refractivity contribution in [1.82, 2.24) is 15.6 Å². The summed E-state index contributed by atoms with van der Waals surface area (Å²) in [6.07, 6.45) is 2.95. The Morgan fingerprint density at radius 2 is 2.19 bits per heavy atom. The minimum atomic E-state index is -0.595. The predicted octanol–water partition coefficient (Wildman–Crippen LogP) is 2.01. The molecule has 2 fully saturated rings. The number of aryl methyl sites for hydroxylation is 1. The van der Waals surface area contributed by atoms with Gasteiger partial charge in [0.25, 0.3) is 0 Å². The summed E-state index contributed by atoms with van der Waals surface area (Å²) in [6.45, 7) is 4.58. The highest BCUT2D eigenvalue weighted by Crippen LogP contribution is 2.27. The first-order chi connectivity index (χ1) is 12.1. The number of aromatic nitrogens is 1. The van der Waals surface area contributed by atoms with E-state index in [0.29, 0.717) is 12.6 Å². The van der Waals surface area contributed by atoms with Gasteiger partial charge in [-0.1, -0.05) is 6.07 Å². The second-order valence-corrected chi connectivity index (χ2v) is 8.10. The van der Waals surface area contributed by atoms with Crippen LogP contribution in [0.25, 0.3) is 0 Å². The van der Waals surface area contributed by atoms with E-state index in [9.17, 15) is 5.11 Å². The predicted molar refractivity (Wildman–Crippen MR) is 121 cm³/mol. The van der Waals surface area contributed by atoms with Gasteiger partial charge in [0.05, 0.1) is 5.60 Å². The average Bonchev–Trinajstić information content (AvgIpc) is 3.06. The molecule has 146 valence electrons. The van der Waals surface area contributed by atoms with Crippen molar-refractivity contribution in [2.45, 2.75) is 37.8 Å². The van der Waals surface area contributed by atoms with Crippen LogP contribution in [0.2, 0.25) is 0 Å². The number of aliphatic hydroxyl groups is 1. The molecule has 0 bridgehead atoms. The van der Waals surface area contributed by atoms with Gasteiger partial charge in [-0.15, -0.1) is 24.0 Å². The minimum Gasteiger partial charge on any atom is -0.387 e. The minimum absolute atomic E-state index is 0. The maximum Gasteiger partial charge on any atom is 0.191 e. The van der Waals surface area contributed by atoms with E-state index < -0.39 is 5.60 Å². The molecule has 2 aliphatic rings. The number of nitrogens with zero attached hydrogens (tertiary/aromatic N) is 3. The van der Waals surface area contributed by atoms with E-state index in [1.165, 1.54) is 0 Å². The van der Waals surface area contributed by atoms with E-state index in [-0.39, 0.29) is 24.0 Å². The maximum atomic E-state index is 10.4. The molecule has 1 atom stereocenters. The van der Waals surface area contributed by atoms with Crippen molar-refractivity contribution in [2.24, 2.45) is 4.99 Å². The number of nitrogens with one attached hydrogen (secondary N) is 2. The lowest BCUT2D eigenvalue weighted by atomic mass is 10.0. The van der Waals surface area contributed by atoms with E-state index in [0.717, 1.165) is 61.3 Å². The fourth-order valence-electron chi connectivity index (χ4n) is 3.33. The molecule has 0 radical (unpaired) electrons. The number of hydrogen-bond acceptors (Lipinski definition) is 5. The Morgan fingerprint density at radius 1 is 1.42 bits per heavy atom. The Morgan fingerprint density at radius 3 is 2.81 bits per heavy atom. The Bertz CT molecular complexity index is 601. The third-order valence-corrected chi connectivity index (χ3v) is 6.16. The van der Waals surface area contributed by atoms with Gasteiger partial charge in [-0.3, -0.25) is 4.99 Å². The lowest BCUT2D eigenvalue weighted by molar-refractivity contribution is 0.0723. The van der Waals surface area contributed by atoms with Crippen LogP contribution in [0, 0.1) is 6.92 Å². The van der Waals surface area contributed by atoms with E-state index in [2.05, 4.69) is 37.6 Å². The monoisotopic (exact) mass is 491 g/mol. The molecule has 0 amide bonds. The smallest absolute Gasteiger partial charge is 0.191 e. The van der Waals surface area contributed by atoms with Crippen molar-refractivity contribution in [1.29, 1.82) is 0 Å². The molecule has 2 aliphatic heterocycles. The highest BCUT2D eigenvalue weighted by atomic mass is 127. The summed E-state index contributed by atoms with van der Waals surface area (Å²) in [5.41, 5.74) is 0.466. The number of guanidine groups is 1. The molecule has 2 saturated heterocycles. The number of anilines is 1. The zero-order valence-corrected chi connectivity index (χ0v) is 18.7. The Balaban J connectivity index is 0.00000243. The van der Waals surface area contributed by atoms with Crippen LogP contribution in [0.4, 0.5) is 5.82 Å². The summed E-state index contributed by atoms with van der Waals surface area (Å²) in [5, 5.41) is 17.2. The van der Waals surface area contributed by atoms with Crippen LogP contribution in [-0.2, 0) is 0 Å². The number of halogens is 1. The van der Waals surface area contributed by atoms with Crippen LogP contribution in [0.1, 0.15) is 25.0 Å². The van der Waals surface area contributed by atoms with Gasteiger partial charge in [-0.25, -0.2) is 4.98 Å². The van der Waals surface area contributed by atoms with E-state index in [1.54, 1.807) is 7.05 Å². The largest absolute Gasteiger partial charge is 0.387 e. The SMILES string of the molecule is CN=C(NCC1(O)CCSC1)NC1CCN(c2cccc(C)n2)CC1.I. The van der Waals surface area contributed by atoms with Crippen molar-refractivity contribution >= 4 is 47.5 Å². The molecule has 1 aromatic rings. The van der Waals surface area contributed by atoms with Gasteiger partial charge in [-0.05, 0) is 44.1 Å². The molecular weight excluding hydrogens is 461 g/mol. The van der Waals surface area contributed by atoms with Gasteiger partial charge in [0.15, 0.2) is 5.96 Å². The number of piperidine rings is 1. The number of rotatable bonds is 4. The average molecular weight is 491 g/mol. The van der Waals surface area contributed by atoms with Crippen LogP contribution in [-0.4, -0.2) is 65.9 Å². The normalized spacial score (nSPS) is 24.3. The van der Waals surface area contributed by atoms with Gasteiger partial charge in [0, 0.05) is 44.2 Å². The van der Waals surface area contributed by atoms with Crippen molar-refractivity contribution in [3.8, 4) is 0 Å². The molecule has 1 unspecified atom stereocenters. The van der Waals surface area contributed by atoms with Crippen LogP contribution < -0.4 is 15.5 Å². The first-order valence-electron chi connectivity index (χ1n) is 9.04. The summed E-state index contributed by atoms with van der Waals surface area (Å²) < 4.78 is 0. The molecule has 26 heavy (non-hydrogen) atoms. The summed E-state index contributed by atoms with van der Waals surface area (Å²) in [4.78, 5) is 11.3. The zero-order valence-electron chi connectivity index (χ0n) is 15.6. The van der Waals surface area contributed by atoms with E-state index >= 15 is 0 Å². The van der Waals surface area contributed by atoms with Crippen molar-refractivity contribution in [3.05, 3.63) is 23.9 Å². The third-order valence-electron chi connectivity index (χ3n) is 4.92. The topological polar surface area (TPSA) is 72.8 Å². The number of aliphatic imine (C=N–C) groups is 1. The Kier molecular flexibility index (Phi) is 8.28. The highest BCUT2D eigenvalue weighted by Gasteiger charge is 2.32. The first kappa shape index (κ1) is 21.6. The summed E-state index contributed by atoms with van der Waals surface area (Å²) in [6, 6.07) is 6.59. The fourth-order valence-corrected chi connectivity index (χ4v) is 4.62. The van der Waals surface area contributed by atoms with Gasteiger partial charge in [0.1, 0.15) is 5.82 Å². The summed E-state index contributed by atoms with van der Waals surface area (Å²) >= 11 is 1.81. The molecule has 8 heteroatoms. The lowest BCUT2D eigenvalue weighted by Crippen LogP contribution is -2.52. The van der Waals surface area contributed by atoms with Gasteiger partial charge in [-0.2, -0.15) is 11.8 Å². The van der Waals surface area contributed by atoms with Crippen LogP contribution in [0.5, 0.6) is 0 Å². The highest BCUT2D eigenvalue weighted by molar-refractivity contribution is 14.0. The molecule has 0 spiro atoms. The molecule has 1 aromatic heterocycles. The lowest BCUT2D eigenvalue weighted by Gasteiger charge is -2.34. The number of hydrogen-bond donors (Lipinski definition) is 3. The molecule has 3 N–H and O–H groups in total. The van der Waals surface area contributed by atoms with E-state index in [4.69, 9.17) is 0 Å². The van der Waals surface area contributed by atoms with Gasteiger partial charge >= 0.3 is 0 Å². The van der Waals surface area contributed by atoms with Crippen molar-refractivity contribution in [2.75, 3.05) is 43.1 Å².